The molecule has 1 aliphatic heterocycles. The van der Waals surface area contributed by atoms with Gasteiger partial charge in [0.2, 0.25) is 0 Å². The Kier molecular flexibility index (Phi) is 1.43. The van der Waals surface area contributed by atoms with Gasteiger partial charge in [-0.15, -0.1) is 0 Å². The second-order valence-electron chi connectivity index (χ2n) is 3.43. The summed E-state index contributed by atoms with van der Waals surface area (Å²) in [4.78, 5) is 10.9. The molecule has 0 spiro atoms. The molecular weight excluding hydrogens is 150 g/mol. The van der Waals surface area contributed by atoms with Crippen LogP contribution in [0.2, 0.25) is 0 Å². The van der Waals surface area contributed by atoms with Gasteiger partial charge in [0.25, 0.3) is 0 Å². The fraction of sp³-hybridized carbons (Fsp3) is 0.300. The van der Waals surface area contributed by atoms with Gasteiger partial charge >= 0.3 is 0 Å². The largest absolute Gasteiger partial charge is 0.383 e. The smallest absolute Gasteiger partial charge is 0.132 e. The van der Waals surface area contributed by atoms with Crippen LogP contribution >= 0.6 is 0 Å². The summed E-state index contributed by atoms with van der Waals surface area (Å²) in [5.74, 6) is 0. The highest BCUT2D eigenvalue weighted by Crippen LogP contribution is 2.34. The normalized spacial score (nSPS) is 26.1. The zero-order valence-electron chi connectivity index (χ0n) is 7.00. The molecule has 0 bridgehead atoms. The number of carbonyl (C=O) groups excluding carboxylic acids is 1. The van der Waals surface area contributed by atoms with Crippen LogP contribution in [-0.4, -0.2) is 12.8 Å². The minimum absolute atomic E-state index is 0.323. The van der Waals surface area contributed by atoms with Gasteiger partial charge in [-0.2, -0.15) is 0 Å². The lowest BCUT2D eigenvalue weighted by molar-refractivity contribution is -0.111. The van der Waals surface area contributed by atoms with Crippen molar-refractivity contribution in [1.82, 2.24) is 0 Å². The third kappa shape index (κ3) is 0.843. The highest BCUT2D eigenvalue weighted by atomic mass is 16.1. The van der Waals surface area contributed by atoms with E-state index in [2.05, 4.69) is 5.32 Å². The molecule has 1 aromatic rings. The van der Waals surface area contributed by atoms with Crippen LogP contribution in [0.15, 0.2) is 24.3 Å². The van der Waals surface area contributed by atoms with Gasteiger partial charge in [-0.3, -0.25) is 0 Å². The molecule has 0 radical (unpaired) electrons. The van der Waals surface area contributed by atoms with Crippen molar-refractivity contribution in [3.63, 3.8) is 0 Å². The summed E-state index contributed by atoms with van der Waals surface area (Å²) < 4.78 is 0. The molecule has 0 aromatic heterocycles. The first-order valence-corrected chi connectivity index (χ1v) is 4.06. The number of carbonyl (C=O) groups is 1. The number of anilines is 1. The monoisotopic (exact) mass is 161 g/mol. The van der Waals surface area contributed by atoms with Crippen molar-refractivity contribution < 1.29 is 4.79 Å². The summed E-state index contributed by atoms with van der Waals surface area (Å²) in [6.45, 7) is 2.68. The van der Waals surface area contributed by atoms with Crippen molar-refractivity contribution >= 4 is 12.0 Å². The highest BCUT2D eigenvalue weighted by Gasteiger charge is 2.33. The van der Waals surface area contributed by atoms with E-state index in [1.54, 1.807) is 0 Å². The van der Waals surface area contributed by atoms with Gasteiger partial charge in [0.1, 0.15) is 6.29 Å². The molecule has 0 saturated carbocycles. The zero-order chi connectivity index (χ0) is 8.60. The number of aldehydes is 1. The first-order chi connectivity index (χ1) is 5.76. The van der Waals surface area contributed by atoms with E-state index in [1.165, 1.54) is 0 Å². The Balaban J connectivity index is 2.56. The maximum atomic E-state index is 10.9. The molecule has 1 aliphatic rings. The maximum absolute atomic E-state index is 10.9. The molecule has 62 valence electrons. The number of hydrogen-bond donors (Lipinski definition) is 1. The second-order valence-corrected chi connectivity index (χ2v) is 3.43. The van der Waals surface area contributed by atoms with E-state index in [-0.39, 0.29) is 5.41 Å². The summed E-state index contributed by atoms with van der Waals surface area (Å²) in [5, 5.41) is 3.21. The maximum Gasteiger partial charge on any atom is 0.132 e. The van der Waals surface area contributed by atoms with Gasteiger partial charge < -0.3 is 10.1 Å². The lowest BCUT2D eigenvalue weighted by Gasteiger charge is -2.14. The molecule has 1 N–H and O–H groups in total. The van der Waals surface area contributed by atoms with E-state index in [0.717, 1.165) is 24.1 Å². The first kappa shape index (κ1) is 7.35. The van der Waals surface area contributed by atoms with Crippen LogP contribution in [0.25, 0.3) is 0 Å². The van der Waals surface area contributed by atoms with Crippen LogP contribution in [0.3, 0.4) is 0 Å². The van der Waals surface area contributed by atoms with Crippen LogP contribution < -0.4 is 5.32 Å². The minimum atomic E-state index is -0.323. The van der Waals surface area contributed by atoms with Crippen molar-refractivity contribution in [3.8, 4) is 0 Å². The van der Waals surface area contributed by atoms with Crippen LogP contribution in [-0.2, 0) is 10.2 Å². The molecule has 2 nitrogen and oxygen atoms in total. The van der Waals surface area contributed by atoms with Gasteiger partial charge in [0.05, 0.1) is 5.41 Å². The third-order valence-electron chi connectivity index (χ3n) is 2.45. The van der Waals surface area contributed by atoms with Crippen molar-refractivity contribution in [2.24, 2.45) is 0 Å². The molecule has 0 fully saturated rings. The van der Waals surface area contributed by atoms with Crippen LogP contribution in [0.1, 0.15) is 12.5 Å². The molecule has 1 atom stereocenters. The Morgan fingerprint density at radius 3 is 3.00 bits per heavy atom. The number of fused-ring (bicyclic) bond motifs is 1. The van der Waals surface area contributed by atoms with Crippen molar-refractivity contribution in [2.45, 2.75) is 12.3 Å². The van der Waals surface area contributed by atoms with E-state index >= 15 is 0 Å². The predicted octanol–water partition coefficient (Wildman–Crippen LogP) is 1.57. The topological polar surface area (TPSA) is 29.1 Å². The molecule has 2 heteroatoms. The van der Waals surface area contributed by atoms with E-state index in [4.69, 9.17) is 0 Å². The van der Waals surface area contributed by atoms with E-state index < -0.39 is 0 Å². The number of benzene rings is 1. The molecular formula is C10H11NO. The SMILES string of the molecule is CC1(C=O)CNc2ccccc21. The van der Waals surface area contributed by atoms with Crippen LogP contribution in [0, 0.1) is 0 Å². The van der Waals surface area contributed by atoms with Gasteiger partial charge in [0.15, 0.2) is 0 Å². The Labute approximate surface area is 71.6 Å². The zero-order valence-corrected chi connectivity index (χ0v) is 7.00. The quantitative estimate of drug-likeness (QED) is 0.633. The van der Waals surface area contributed by atoms with Crippen LogP contribution in [0.5, 0.6) is 0 Å². The average molecular weight is 161 g/mol. The summed E-state index contributed by atoms with van der Waals surface area (Å²) in [6, 6.07) is 7.95. The molecule has 2 rings (SSSR count). The molecule has 0 saturated heterocycles. The van der Waals surface area contributed by atoms with Crippen LogP contribution in [0.4, 0.5) is 5.69 Å². The molecule has 0 amide bonds. The lowest BCUT2D eigenvalue weighted by atomic mass is 9.86. The Morgan fingerprint density at radius 1 is 1.50 bits per heavy atom. The van der Waals surface area contributed by atoms with Gasteiger partial charge in [-0.1, -0.05) is 18.2 Å². The van der Waals surface area contributed by atoms with Crippen molar-refractivity contribution in [1.29, 1.82) is 0 Å². The summed E-state index contributed by atoms with van der Waals surface area (Å²) in [5.41, 5.74) is 1.88. The van der Waals surface area contributed by atoms with Crippen molar-refractivity contribution in [3.05, 3.63) is 29.8 Å². The fourth-order valence-corrected chi connectivity index (χ4v) is 1.61. The fourth-order valence-electron chi connectivity index (χ4n) is 1.61. The molecule has 1 aromatic carbocycles. The van der Waals surface area contributed by atoms with E-state index in [1.807, 2.05) is 31.2 Å². The molecule has 0 aliphatic carbocycles. The molecule has 1 heterocycles. The summed E-state index contributed by atoms with van der Waals surface area (Å²) in [6.07, 6.45) is 1.02. The standard InChI is InChI=1S/C10H11NO/c1-10(7-12)6-11-9-5-3-2-4-8(9)10/h2-5,7,11H,6H2,1H3. The van der Waals surface area contributed by atoms with E-state index in [0.29, 0.717) is 0 Å². The Bertz CT molecular complexity index is 321. The minimum Gasteiger partial charge on any atom is -0.383 e. The lowest BCUT2D eigenvalue weighted by Crippen LogP contribution is -2.25. The highest BCUT2D eigenvalue weighted by molar-refractivity contribution is 5.77. The Hall–Kier alpha value is -1.31. The van der Waals surface area contributed by atoms with Crippen molar-refractivity contribution in [2.75, 3.05) is 11.9 Å². The van der Waals surface area contributed by atoms with Gasteiger partial charge in [-0.05, 0) is 18.6 Å². The summed E-state index contributed by atoms with van der Waals surface area (Å²) >= 11 is 0. The third-order valence-corrected chi connectivity index (χ3v) is 2.45. The number of hydrogen-bond acceptors (Lipinski definition) is 2. The number of para-hydroxylation sites is 1. The second kappa shape index (κ2) is 2.34. The first-order valence-electron chi connectivity index (χ1n) is 4.06. The van der Waals surface area contributed by atoms with E-state index in [9.17, 15) is 4.79 Å². The number of rotatable bonds is 1. The average Bonchev–Trinajstić information content (AvgIpc) is 2.46. The predicted molar refractivity (Wildman–Crippen MR) is 48.3 cm³/mol. The van der Waals surface area contributed by atoms with Gasteiger partial charge in [0, 0.05) is 12.2 Å². The van der Waals surface area contributed by atoms with Gasteiger partial charge in [-0.25, -0.2) is 0 Å². The summed E-state index contributed by atoms with van der Waals surface area (Å²) in [7, 11) is 0. The molecule has 1 unspecified atom stereocenters. The molecule has 12 heavy (non-hydrogen) atoms. The number of nitrogens with one attached hydrogen (secondary N) is 1. The Morgan fingerprint density at radius 2 is 2.25 bits per heavy atom.